The Hall–Kier alpha value is -0.120. The Bertz CT molecular complexity index is 371. The number of hydrogen-bond acceptors (Lipinski definition) is 1. The first-order chi connectivity index (χ1) is 8.07. The first kappa shape index (κ1) is 14.9. The summed E-state index contributed by atoms with van der Waals surface area (Å²) in [6.07, 6.45) is 2.03. The molecule has 4 heteroatoms. The number of halogens is 3. The summed E-state index contributed by atoms with van der Waals surface area (Å²) in [5.41, 5.74) is 0.691. The molecule has 1 aromatic rings. The predicted molar refractivity (Wildman–Crippen MR) is 75.3 cm³/mol. The average Bonchev–Trinajstić information content (AvgIpc) is 2.31. The SMILES string of the molecule is CCCNCCC(C)c1ccc(Br)c(Cl)c1F. The van der Waals surface area contributed by atoms with Gasteiger partial charge in [-0.25, -0.2) is 4.39 Å². The van der Waals surface area contributed by atoms with Crippen molar-refractivity contribution in [2.75, 3.05) is 13.1 Å². The molecule has 0 aliphatic heterocycles. The Balaban J connectivity index is 2.63. The fourth-order valence-corrected chi connectivity index (χ4v) is 2.18. The summed E-state index contributed by atoms with van der Waals surface area (Å²) in [5, 5.41) is 3.49. The lowest BCUT2D eigenvalue weighted by Crippen LogP contribution is -2.17. The molecule has 0 aromatic heterocycles. The highest BCUT2D eigenvalue weighted by Crippen LogP contribution is 2.31. The largest absolute Gasteiger partial charge is 0.317 e. The predicted octanol–water partition coefficient (Wildman–Crippen LogP) is 4.73. The Morgan fingerprint density at radius 3 is 2.76 bits per heavy atom. The molecule has 1 unspecified atom stereocenters. The molecule has 1 aromatic carbocycles. The Kier molecular flexibility index (Phi) is 6.45. The summed E-state index contributed by atoms with van der Waals surface area (Å²) >= 11 is 9.09. The van der Waals surface area contributed by atoms with Crippen molar-refractivity contribution in [3.63, 3.8) is 0 Å². The zero-order valence-electron chi connectivity index (χ0n) is 10.2. The van der Waals surface area contributed by atoms with Gasteiger partial charge in [0.15, 0.2) is 0 Å². The van der Waals surface area contributed by atoms with Gasteiger partial charge in [-0.2, -0.15) is 0 Å². The van der Waals surface area contributed by atoms with Crippen LogP contribution in [0.3, 0.4) is 0 Å². The topological polar surface area (TPSA) is 12.0 Å². The Morgan fingerprint density at radius 1 is 1.41 bits per heavy atom. The van der Waals surface area contributed by atoms with E-state index in [1.54, 1.807) is 12.1 Å². The third-order valence-corrected chi connectivity index (χ3v) is 4.04. The Morgan fingerprint density at radius 2 is 2.12 bits per heavy atom. The van der Waals surface area contributed by atoms with Crippen LogP contribution in [0.25, 0.3) is 0 Å². The van der Waals surface area contributed by atoms with Gasteiger partial charge in [-0.15, -0.1) is 0 Å². The molecule has 0 aliphatic rings. The van der Waals surface area contributed by atoms with Crippen molar-refractivity contribution < 1.29 is 4.39 Å². The maximum Gasteiger partial charge on any atom is 0.146 e. The molecular formula is C13H18BrClFN. The molecular weight excluding hydrogens is 305 g/mol. The van der Waals surface area contributed by atoms with E-state index in [-0.39, 0.29) is 16.8 Å². The first-order valence-corrected chi connectivity index (χ1v) is 7.09. The van der Waals surface area contributed by atoms with E-state index in [0.717, 1.165) is 25.9 Å². The van der Waals surface area contributed by atoms with Crippen molar-refractivity contribution in [2.24, 2.45) is 0 Å². The van der Waals surface area contributed by atoms with Crippen LogP contribution in [0.5, 0.6) is 0 Å². The van der Waals surface area contributed by atoms with E-state index in [1.807, 2.05) is 6.92 Å². The van der Waals surface area contributed by atoms with E-state index in [1.165, 1.54) is 0 Å². The summed E-state index contributed by atoms with van der Waals surface area (Å²) in [6.45, 7) is 6.07. The van der Waals surface area contributed by atoms with E-state index in [0.29, 0.717) is 10.0 Å². The molecule has 0 bridgehead atoms. The van der Waals surface area contributed by atoms with Crippen LogP contribution in [0.2, 0.25) is 5.02 Å². The second-order valence-electron chi connectivity index (χ2n) is 4.20. The molecule has 1 nitrogen and oxygen atoms in total. The normalized spacial score (nSPS) is 12.8. The van der Waals surface area contributed by atoms with Gasteiger partial charge in [-0.1, -0.05) is 31.5 Å². The van der Waals surface area contributed by atoms with Crippen LogP contribution in [-0.2, 0) is 0 Å². The van der Waals surface area contributed by atoms with Gasteiger partial charge in [-0.3, -0.25) is 0 Å². The third kappa shape index (κ3) is 4.23. The molecule has 1 rings (SSSR count). The van der Waals surface area contributed by atoms with Gasteiger partial charge in [0, 0.05) is 4.47 Å². The minimum atomic E-state index is -0.302. The molecule has 1 atom stereocenters. The second kappa shape index (κ2) is 7.34. The van der Waals surface area contributed by atoms with Crippen molar-refractivity contribution in [3.05, 3.63) is 33.0 Å². The summed E-state index contributed by atoms with van der Waals surface area (Å²) in [4.78, 5) is 0. The molecule has 0 amide bonds. The lowest BCUT2D eigenvalue weighted by Gasteiger charge is -2.14. The van der Waals surface area contributed by atoms with E-state index in [2.05, 4.69) is 28.2 Å². The van der Waals surface area contributed by atoms with Crippen LogP contribution in [-0.4, -0.2) is 13.1 Å². The van der Waals surface area contributed by atoms with Crippen LogP contribution >= 0.6 is 27.5 Å². The van der Waals surface area contributed by atoms with Gasteiger partial charge in [0.2, 0.25) is 0 Å². The number of rotatable bonds is 6. The van der Waals surface area contributed by atoms with Crippen molar-refractivity contribution in [2.45, 2.75) is 32.6 Å². The standard InChI is InChI=1S/C13H18BrClFN/c1-3-7-17-8-6-9(2)10-4-5-11(14)12(15)13(10)16/h4-5,9,17H,3,6-8H2,1-2H3. The lowest BCUT2D eigenvalue weighted by molar-refractivity contribution is 0.551. The molecule has 0 fully saturated rings. The van der Waals surface area contributed by atoms with Gasteiger partial charge < -0.3 is 5.32 Å². The Labute approximate surface area is 116 Å². The van der Waals surface area contributed by atoms with Crippen molar-refractivity contribution in [3.8, 4) is 0 Å². The van der Waals surface area contributed by atoms with Crippen LogP contribution in [0.4, 0.5) is 4.39 Å². The van der Waals surface area contributed by atoms with E-state index in [4.69, 9.17) is 11.6 Å². The van der Waals surface area contributed by atoms with E-state index < -0.39 is 0 Å². The highest BCUT2D eigenvalue weighted by Gasteiger charge is 2.15. The molecule has 1 N–H and O–H groups in total. The summed E-state index contributed by atoms with van der Waals surface area (Å²) in [5.74, 6) is -0.131. The second-order valence-corrected chi connectivity index (χ2v) is 5.44. The minimum Gasteiger partial charge on any atom is -0.317 e. The molecule has 0 heterocycles. The monoisotopic (exact) mass is 321 g/mol. The summed E-state index contributed by atoms with van der Waals surface area (Å²) in [6, 6.07) is 3.60. The van der Waals surface area contributed by atoms with Gasteiger partial charge in [-0.05, 0) is 59.4 Å². The lowest BCUT2D eigenvalue weighted by atomic mass is 9.97. The fraction of sp³-hybridized carbons (Fsp3) is 0.538. The number of benzene rings is 1. The highest BCUT2D eigenvalue weighted by molar-refractivity contribution is 9.10. The van der Waals surface area contributed by atoms with Crippen LogP contribution in [0.15, 0.2) is 16.6 Å². The van der Waals surface area contributed by atoms with Gasteiger partial charge >= 0.3 is 0 Å². The summed E-state index contributed by atoms with van der Waals surface area (Å²) in [7, 11) is 0. The van der Waals surface area contributed by atoms with E-state index >= 15 is 0 Å². The van der Waals surface area contributed by atoms with E-state index in [9.17, 15) is 4.39 Å². The first-order valence-electron chi connectivity index (χ1n) is 5.92. The third-order valence-electron chi connectivity index (χ3n) is 2.78. The molecule has 17 heavy (non-hydrogen) atoms. The van der Waals surface area contributed by atoms with Crippen LogP contribution in [0, 0.1) is 5.82 Å². The zero-order chi connectivity index (χ0) is 12.8. The zero-order valence-corrected chi connectivity index (χ0v) is 12.5. The fourth-order valence-electron chi connectivity index (χ4n) is 1.70. The van der Waals surface area contributed by atoms with Crippen molar-refractivity contribution in [1.29, 1.82) is 0 Å². The van der Waals surface area contributed by atoms with Crippen molar-refractivity contribution >= 4 is 27.5 Å². The van der Waals surface area contributed by atoms with Gasteiger partial charge in [0.1, 0.15) is 5.82 Å². The molecule has 0 saturated carbocycles. The molecule has 0 spiro atoms. The van der Waals surface area contributed by atoms with Gasteiger partial charge in [0.05, 0.1) is 5.02 Å². The van der Waals surface area contributed by atoms with Gasteiger partial charge in [0.25, 0.3) is 0 Å². The maximum atomic E-state index is 13.9. The van der Waals surface area contributed by atoms with Crippen LogP contribution in [0.1, 0.15) is 38.2 Å². The quantitative estimate of drug-likeness (QED) is 0.589. The highest BCUT2D eigenvalue weighted by atomic mass is 79.9. The number of nitrogens with one attached hydrogen (secondary N) is 1. The summed E-state index contributed by atoms with van der Waals surface area (Å²) < 4.78 is 14.5. The molecule has 0 radical (unpaired) electrons. The molecule has 0 aliphatic carbocycles. The smallest absolute Gasteiger partial charge is 0.146 e. The minimum absolute atomic E-state index is 0.171. The maximum absolute atomic E-state index is 13.9. The van der Waals surface area contributed by atoms with Crippen LogP contribution < -0.4 is 5.32 Å². The molecule has 0 saturated heterocycles. The molecule has 96 valence electrons. The number of hydrogen-bond donors (Lipinski definition) is 1. The average molecular weight is 323 g/mol. The van der Waals surface area contributed by atoms with Crippen molar-refractivity contribution in [1.82, 2.24) is 5.32 Å².